The summed E-state index contributed by atoms with van der Waals surface area (Å²) in [5.41, 5.74) is 5.17. The minimum Gasteiger partial charge on any atom is -0.273 e. The quantitative estimate of drug-likeness (QED) is 0.350. The van der Waals surface area contributed by atoms with Gasteiger partial charge in [0.25, 0.3) is 0 Å². The van der Waals surface area contributed by atoms with Crippen LogP contribution in [0, 0.1) is 11.8 Å². The number of carbonyl (C=O) groups is 2. The fourth-order valence-corrected chi connectivity index (χ4v) is 3.25. The Balaban J connectivity index is 1.95. The second-order valence-corrected chi connectivity index (χ2v) is 7.36. The van der Waals surface area contributed by atoms with Gasteiger partial charge in [-0.25, -0.2) is 0 Å². The molecule has 1 saturated carbocycles. The molecule has 1 rings (SSSR count). The Hall–Kier alpha value is -1.06. The van der Waals surface area contributed by atoms with Gasteiger partial charge in [-0.2, -0.15) is 0 Å². The van der Waals surface area contributed by atoms with Crippen LogP contribution in [0.25, 0.3) is 0 Å². The van der Waals surface area contributed by atoms with E-state index in [9.17, 15) is 9.59 Å². The van der Waals surface area contributed by atoms with Crippen molar-refractivity contribution in [2.45, 2.75) is 104 Å². The molecular weight excluding hydrogens is 300 g/mol. The first kappa shape index (κ1) is 21.0. The molecule has 0 saturated heterocycles. The molecule has 1 aliphatic carbocycles. The number of unbranched alkanes of at least 4 members (excludes halogenated alkanes) is 9. The second-order valence-electron chi connectivity index (χ2n) is 7.36. The average molecular weight is 339 g/mol. The van der Waals surface area contributed by atoms with Gasteiger partial charge in [-0.05, 0) is 25.2 Å². The standard InChI is InChI=1S/C20H38N2O2/c1-3-5-7-9-11-12-14-17-16-18(17)20(24)22-21-19(23)15-13-10-8-6-4-2/h17-18H,3-16H2,1-2H3,(H,21,23)(H,22,24)/t17-,18-/m0/s1. The highest BCUT2D eigenvalue weighted by atomic mass is 16.2. The molecule has 0 bridgehead atoms. The van der Waals surface area contributed by atoms with Gasteiger partial charge in [-0.3, -0.25) is 20.4 Å². The molecule has 140 valence electrons. The van der Waals surface area contributed by atoms with Crippen LogP contribution in [0.5, 0.6) is 0 Å². The Kier molecular flexibility index (Phi) is 11.6. The monoisotopic (exact) mass is 338 g/mol. The molecule has 0 aromatic heterocycles. The maximum atomic E-state index is 12.0. The lowest BCUT2D eigenvalue weighted by molar-refractivity contribution is -0.129. The first-order valence-electron chi connectivity index (χ1n) is 10.3. The van der Waals surface area contributed by atoms with Crippen LogP contribution >= 0.6 is 0 Å². The van der Waals surface area contributed by atoms with Crippen LogP contribution in [0.2, 0.25) is 0 Å². The third-order valence-electron chi connectivity index (χ3n) is 5.02. The molecule has 1 aliphatic rings. The predicted molar refractivity (Wildman–Crippen MR) is 99.3 cm³/mol. The highest BCUT2D eigenvalue weighted by Gasteiger charge is 2.42. The van der Waals surface area contributed by atoms with Gasteiger partial charge in [0, 0.05) is 12.3 Å². The van der Waals surface area contributed by atoms with E-state index in [0.29, 0.717) is 12.3 Å². The topological polar surface area (TPSA) is 58.2 Å². The Bertz CT molecular complexity index is 358. The van der Waals surface area contributed by atoms with Crippen LogP contribution in [0.15, 0.2) is 0 Å². The van der Waals surface area contributed by atoms with Crippen LogP contribution in [0.4, 0.5) is 0 Å². The highest BCUT2D eigenvalue weighted by Crippen LogP contribution is 2.42. The summed E-state index contributed by atoms with van der Waals surface area (Å²) in [7, 11) is 0. The molecule has 2 amide bonds. The van der Waals surface area contributed by atoms with Crippen LogP contribution in [-0.2, 0) is 9.59 Å². The van der Waals surface area contributed by atoms with Gasteiger partial charge in [0.2, 0.25) is 11.8 Å². The number of carbonyl (C=O) groups excluding carboxylic acids is 2. The van der Waals surface area contributed by atoms with Gasteiger partial charge in [0.15, 0.2) is 0 Å². The van der Waals surface area contributed by atoms with E-state index >= 15 is 0 Å². The van der Waals surface area contributed by atoms with E-state index in [1.165, 1.54) is 57.8 Å². The average Bonchev–Trinajstić information content (AvgIpc) is 3.35. The molecule has 0 spiro atoms. The smallest absolute Gasteiger partial charge is 0.241 e. The lowest BCUT2D eigenvalue weighted by atomic mass is 10.1. The first-order chi connectivity index (χ1) is 11.7. The predicted octanol–water partition coefficient (Wildman–Crippen LogP) is 4.88. The third-order valence-corrected chi connectivity index (χ3v) is 5.02. The number of amides is 2. The minimum atomic E-state index is -0.0621. The van der Waals surface area contributed by atoms with E-state index < -0.39 is 0 Å². The normalized spacial score (nSPS) is 19.1. The lowest BCUT2D eigenvalue weighted by Gasteiger charge is -2.07. The molecule has 0 heterocycles. The Labute approximate surface area is 148 Å². The van der Waals surface area contributed by atoms with E-state index in [1.807, 2.05) is 0 Å². The fourth-order valence-electron chi connectivity index (χ4n) is 3.25. The molecule has 24 heavy (non-hydrogen) atoms. The van der Waals surface area contributed by atoms with Gasteiger partial charge in [-0.15, -0.1) is 0 Å². The molecule has 0 radical (unpaired) electrons. The van der Waals surface area contributed by atoms with Crippen LogP contribution < -0.4 is 10.9 Å². The van der Waals surface area contributed by atoms with Crippen molar-refractivity contribution in [3.63, 3.8) is 0 Å². The summed E-state index contributed by atoms with van der Waals surface area (Å²) in [5.74, 6) is 0.617. The molecule has 0 aromatic carbocycles. The summed E-state index contributed by atoms with van der Waals surface area (Å²) in [4.78, 5) is 23.7. The summed E-state index contributed by atoms with van der Waals surface area (Å²) in [6.45, 7) is 4.42. The molecule has 0 aromatic rings. The van der Waals surface area contributed by atoms with Gasteiger partial charge in [0.1, 0.15) is 0 Å². The zero-order valence-corrected chi connectivity index (χ0v) is 15.9. The van der Waals surface area contributed by atoms with Gasteiger partial charge < -0.3 is 0 Å². The largest absolute Gasteiger partial charge is 0.273 e. The van der Waals surface area contributed by atoms with Crippen LogP contribution in [0.1, 0.15) is 104 Å². The highest BCUT2D eigenvalue weighted by molar-refractivity contribution is 5.85. The Morgan fingerprint density at radius 2 is 1.38 bits per heavy atom. The van der Waals surface area contributed by atoms with E-state index in [0.717, 1.165) is 25.7 Å². The van der Waals surface area contributed by atoms with Crippen molar-refractivity contribution in [3.8, 4) is 0 Å². The molecule has 0 unspecified atom stereocenters. The van der Waals surface area contributed by atoms with Crippen LogP contribution in [0.3, 0.4) is 0 Å². The summed E-state index contributed by atoms with van der Waals surface area (Å²) in [6.07, 6.45) is 16.1. The maximum absolute atomic E-state index is 12.0. The summed E-state index contributed by atoms with van der Waals surface area (Å²) < 4.78 is 0. The molecule has 2 N–H and O–H groups in total. The van der Waals surface area contributed by atoms with Crippen molar-refractivity contribution in [3.05, 3.63) is 0 Å². The van der Waals surface area contributed by atoms with E-state index in [4.69, 9.17) is 0 Å². The van der Waals surface area contributed by atoms with Crippen molar-refractivity contribution in [1.82, 2.24) is 10.9 Å². The zero-order valence-electron chi connectivity index (χ0n) is 15.9. The first-order valence-corrected chi connectivity index (χ1v) is 10.3. The maximum Gasteiger partial charge on any atom is 0.241 e. The van der Waals surface area contributed by atoms with E-state index in [1.54, 1.807) is 0 Å². The van der Waals surface area contributed by atoms with Gasteiger partial charge >= 0.3 is 0 Å². The number of rotatable bonds is 14. The molecule has 0 aliphatic heterocycles. The van der Waals surface area contributed by atoms with Crippen molar-refractivity contribution in [1.29, 1.82) is 0 Å². The molecular formula is C20H38N2O2. The van der Waals surface area contributed by atoms with Gasteiger partial charge in [0.05, 0.1) is 0 Å². The molecule has 2 atom stereocenters. The molecule has 4 heteroatoms. The second kappa shape index (κ2) is 13.3. The zero-order chi connectivity index (χ0) is 17.6. The number of hydrogen-bond acceptors (Lipinski definition) is 2. The lowest BCUT2D eigenvalue weighted by Crippen LogP contribution is -2.42. The minimum absolute atomic E-state index is 0.00492. The summed E-state index contributed by atoms with van der Waals surface area (Å²) >= 11 is 0. The SMILES string of the molecule is CCCCCCCC[C@H]1C[C@@H]1C(=O)NNC(=O)CCCCCCC. The number of hydrazine groups is 1. The van der Waals surface area contributed by atoms with Crippen molar-refractivity contribution in [2.75, 3.05) is 0 Å². The third kappa shape index (κ3) is 9.94. The van der Waals surface area contributed by atoms with Crippen molar-refractivity contribution in [2.24, 2.45) is 11.8 Å². The van der Waals surface area contributed by atoms with Gasteiger partial charge in [-0.1, -0.05) is 78.1 Å². The summed E-state index contributed by atoms with van der Waals surface area (Å²) in [5, 5.41) is 0. The molecule has 1 fully saturated rings. The van der Waals surface area contributed by atoms with Crippen molar-refractivity contribution < 1.29 is 9.59 Å². The molecule has 4 nitrogen and oxygen atoms in total. The number of nitrogens with one attached hydrogen (secondary N) is 2. The van der Waals surface area contributed by atoms with E-state index in [-0.39, 0.29) is 17.7 Å². The van der Waals surface area contributed by atoms with Crippen LogP contribution in [-0.4, -0.2) is 11.8 Å². The number of hydrogen-bond donors (Lipinski definition) is 2. The van der Waals surface area contributed by atoms with E-state index in [2.05, 4.69) is 24.7 Å². The summed E-state index contributed by atoms with van der Waals surface area (Å²) in [6, 6.07) is 0. The Morgan fingerprint density at radius 1 is 0.792 bits per heavy atom. The fraction of sp³-hybridized carbons (Fsp3) is 0.900. The Morgan fingerprint density at radius 3 is 2.04 bits per heavy atom. The van der Waals surface area contributed by atoms with Crippen molar-refractivity contribution >= 4 is 11.8 Å².